The van der Waals surface area contributed by atoms with E-state index in [0.717, 1.165) is 17.0 Å². The van der Waals surface area contributed by atoms with Crippen molar-refractivity contribution in [1.82, 2.24) is 0 Å². The minimum atomic E-state index is -0.276. The fraction of sp³-hybridized carbons (Fsp3) is 0.200. The molecule has 2 aromatic rings. The summed E-state index contributed by atoms with van der Waals surface area (Å²) in [6.45, 7) is 0.494. The maximum Gasteiger partial charge on any atom is 0.142 e. The summed E-state index contributed by atoms with van der Waals surface area (Å²) < 4.78 is 24.4. The van der Waals surface area contributed by atoms with Crippen LogP contribution in [0.5, 0.6) is 11.5 Å². The van der Waals surface area contributed by atoms with Gasteiger partial charge < -0.3 is 14.8 Å². The first-order chi connectivity index (χ1) is 9.63. The van der Waals surface area contributed by atoms with Crippen molar-refractivity contribution in [3.8, 4) is 11.5 Å². The molecule has 0 aliphatic rings. The van der Waals surface area contributed by atoms with Crippen molar-refractivity contribution >= 4 is 21.6 Å². The Balaban J connectivity index is 2.15. The third kappa shape index (κ3) is 3.42. The van der Waals surface area contributed by atoms with Gasteiger partial charge in [-0.15, -0.1) is 0 Å². The Morgan fingerprint density at radius 1 is 1.10 bits per heavy atom. The standard InChI is InChI=1S/C15H15BrFNO2/c1-19-11-4-6-15(20-2)14(8-11)18-9-10-3-5-12(16)13(17)7-10/h3-8,18H,9H2,1-2H3. The average molecular weight is 340 g/mol. The smallest absolute Gasteiger partial charge is 0.142 e. The summed E-state index contributed by atoms with van der Waals surface area (Å²) >= 11 is 3.14. The second-order valence-corrected chi connectivity index (χ2v) is 5.02. The summed E-state index contributed by atoms with van der Waals surface area (Å²) in [5, 5.41) is 3.21. The molecule has 0 aliphatic heterocycles. The van der Waals surface area contributed by atoms with Gasteiger partial charge in [-0.05, 0) is 45.8 Å². The predicted octanol–water partition coefficient (Wildman–Crippen LogP) is 4.22. The normalized spacial score (nSPS) is 10.2. The van der Waals surface area contributed by atoms with Crippen LogP contribution in [0.2, 0.25) is 0 Å². The van der Waals surface area contributed by atoms with E-state index in [4.69, 9.17) is 9.47 Å². The zero-order valence-electron chi connectivity index (χ0n) is 11.2. The van der Waals surface area contributed by atoms with Crippen molar-refractivity contribution in [2.24, 2.45) is 0 Å². The Kier molecular flexibility index (Phi) is 4.84. The Morgan fingerprint density at radius 3 is 2.55 bits per heavy atom. The fourth-order valence-electron chi connectivity index (χ4n) is 1.80. The van der Waals surface area contributed by atoms with E-state index in [1.165, 1.54) is 6.07 Å². The number of hydrogen-bond donors (Lipinski definition) is 1. The molecule has 0 radical (unpaired) electrons. The Bertz CT molecular complexity index is 604. The predicted molar refractivity (Wildman–Crippen MR) is 81.0 cm³/mol. The monoisotopic (exact) mass is 339 g/mol. The van der Waals surface area contributed by atoms with Crippen LogP contribution in [0.15, 0.2) is 40.9 Å². The number of anilines is 1. The fourth-order valence-corrected chi connectivity index (χ4v) is 2.05. The van der Waals surface area contributed by atoms with Gasteiger partial charge in [0.1, 0.15) is 17.3 Å². The van der Waals surface area contributed by atoms with Crippen molar-refractivity contribution in [1.29, 1.82) is 0 Å². The molecule has 0 saturated heterocycles. The molecular formula is C15H15BrFNO2. The van der Waals surface area contributed by atoms with E-state index in [9.17, 15) is 4.39 Å². The lowest BCUT2D eigenvalue weighted by Gasteiger charge is -2.13. The summed E-state index contributed by atoms with van der Waals surface area (Å²) in [6.07, 6.45) is 0. The minimum Gasteiger partial charge on any atom is -0.497 e. The van der Waals surface area contributed by atoms with Crippen LogP contribution in [-0.2, 0) is 6.54 Å². The van der Waals surface area contributed by atoms with Crippen LogP contribution in [0, 0.1) is 5.82 Å². The van der Waals surface area contributed by atoms with Gasteiger partial charge in [0, 0.05) is 12.6 Å². The summed E-state index contributed by atoms with van der Waals surface area (Å²) in [7, 11) is 3.21. The van der Waals surface area contributed by atoms with Crippen LogP contribution in [0.25, 0.3) is 0 Å². The molecule has 0 bridgehead atoms. The Hall–Kier alpha value is -1.75. The molecule has 0 spiro atoms. The van der Waals surface area contributed by atoms with Crippen molar-refractivity contribution in [2.75, 3.05) is 19.5 Å². The highest BCUT2D eigenvalue weighted by atomic mass is 79.9. The van der Waals surface area contributed by atoms with Gasteiger partial charge in [0.2, 0.25) is 0 Å². The highest BCUT2D eigenvalue weighted by molar-refractivity contribution is 9.10. The zero-order valence-corrected chi connectivity index (χ0v) is 12.8. The first-order valence-electron chi connectivity index (χ1n) is 6.04. The molecule has 3 nitrogen and oxygen atoms in total. The maximum absolute atomic E-state index is 13.4. The zero-order chi connectivity index (χ0) is 14.5. The van der Waals surface area contributed by atoms with E-state index in [0.29, 0.717) is 16.8 Å². The quantitative estimate of drug-likeness (QED) is 0.884. The number of ether oxygens (including phenoxy) is 2. The lowest BCUT2D eigenvalue weighted by molar-refractivity contribution is 0.404. The molecule has 0 atom stereocenters. The molecule has 0 heterocycles. The molecule has 0 aliphatic carbocycles. The topological polar surface area (TPSA) is 30.5 Å². The molecule has 106 valence electrons. The number of benzene rings is 2. The number of halogens is 2. The van der Waals surface area contributed by atoms with Gasteiger partial charge in [-0.3, -0.25) is 0 Å². The molecule has 0 saturated carbocycles. The van der Waals surface area contributed by atoms with Gasteiger partial charge in [-0.2, -0.15) is 0 Å². The number of hydrogen-bond acceptors (Lipinski definition) is 3. The molecule has 2 aromatic carbocycles. The molecule has 1 N–H and O–H groups in total. The van der Waals surface area contributed by atoms with Crippen molar-refractivity contribution in [2.45, 2.75) is 6.54 Å². The van der Waals surface area contributed by atoms with E-state index >= 15 is 0 Å². The van der Waals surface area contributed by atoms with Crippen LogP contribution in [-0.4, -0.2) is 14.2 Å². The van der Waals surface area contributed by atoms with E-state index < -0.39 is 0 Å². The SMILES string of the molecule is COc1ccc(OC)c(NCc2ccc(Br)c(F)c2)c1. The highest BCUT2D eigenvalue weighted by Crippen LogP contribution is 2.29. The molecule has 0 aromatic heterocycles. The number of nitrogens with one attached hydrogen (secondary N) is 1. The molecule has 2 rings (SSSR count). The summed E-state index contributed by atoms with van der Waals surface area (Å²) in [5.74, 6) is 1.17. The first kappa shape index (κ1) is 14.7. The Labute approximate surface area is 125 Å². The van der Waals surface area contributed by atoms with E-state index in [1.807, 2.05) is 24.3 Å². The lowest BCUT2D eigenvalue weighted by Crippen LogP contribution is -2.02. The molecule has 0 fully saturated rings. The molecule has 0 amide bonds. The lowest BCUT2D eigenvalue weighted by atomic mass is 10.2. The van der Waals surface area contributed by atoms with E-state index in [-0.39, 0.29) is 5.82 Å². The summed E-state index contributed by atoms with van der Waals surface area (Å²) in [5.41, 5.74) is 1.64. The molecule has 20 heavy (non-hydrogen) atoms. The van der Waals surface area contributed by atoms with E-state index in [1.54, 1.807) is 20.3 Å². The van der Waals surface area contributed by atoms with Crippen LogP contribution in [0.4, 0.5) is 10.1 Å². The van der Waals surface area contributed by atoms with Gasteiger partial charge in [0.15, 0.2) is 0 Å². The van der Waals surface area contributed by atoms with Gasteiger partial charge >= 0.3 is 0 Å². The summed E-state index contributed by atoms with van der Waals surface area (Å²) in [6, 6.07) is 10.5. The minimum absolute atomic E-state index is 0.276. The first-order valence-corrected chi connectivity index (χ1v) is 6.83. The molecule has 5 heteroatoms. The van der Waals surface area contributed by atoms with Gasteiger partial charge in [-0.25, -0.2) is 4.39 Å². The van der Waals surface area contributed by atoms with Crippen molar-refractivity contribution < 1.29 is 13.9 Å². The second kappa shape index (κ2) is 6.61. The van der Waals surface area contributed by atoms with E-state index in [2.05, 4.69) is 21.2 Å². The second-order valence-electron chi connectivity index (χ2n) is 4.17. The average Bonchev–Trinajstić information content (AvgIpc) is 2.48. The third-order valence-electron chi connectivity index (χ3n) is 2.87. The van der Waals surface area contributed by atoms with Crippen molar-refractivity contribution in [3.63, 3.8) is 0 Å². The largest absolute Gasteiger partial charge is 0.497 e. The van der Waals surface area contributed by atoms with Crippen LogP contribution >= 0.6 is 15.9 Å². The molecule has 0 unspecified atom stereocenters. The van der Waals surface area contributed by atoms with Gasteiger partial charge in [0.25, 0.3) is 0 Å². The summed E-state index contributed by atoms with van der Waals surface area (Å²) in [4.78, 5) is 0. The van der Waals surface area contributed by atoms with Crippen LogP contribution in [0.3, 0.4) is 0 Å². The van der Waals surface area contributed by atoms with Gasteiger partial charge in [-0.1, -0.05) is 6.07 Å². The molecular weight excluding hydrogens is 325 g/mol. The number of methoxy groups -OCH3 is 2. The Morgan fingerprint density at radius 2 is 1.90 bits per heavy atom. The number of rotatable bonds is 5. The van der Waals surface area contributed by atoms with Crippen LogP contribution in [0.1, 0.15) is 5.56 Å². The van der Waals surface area contributed by atoms with Gasteiger partial charge in [0.05, 0.1) is 24.4 Å². The van der Waals surface area contributed by atoms with Crippen molar-refractivity contribution in [3.05, 3.63) is 52.3 Å². The third-order valence-corrected chi connectivity index (χ3v) is 3.52. The van der Waals surface area contributed by atoms with Crippen LogP contribution < -0.4 is 14.8 Å². The maximum atomic E-state index is 13.4. The highest BCUT2D eigenvalue weighted by Gasteiger charge is 2.06.